The van der Waals surface area contributed by atoms with Crippen molar-refractivity contribution in [1.82, 2.24) is 0 Å². The van der Waals surface area contributed by atoms with Crippen molar-refractivity contribution < 1.29 is 14.3 Å². The molecule has 0 amide bonds. The lowest BCUT2D eigenvalue weighted by Gasteiger charge is -2.06. The van der Waals surface area contributed by atoms with E-state index in [9.17, 15) is 9.59 Å². The van der Waals surface area contributed by atoms with Crippen LogP contribution in [0.4, 0.5) is 0 Å². The normalized spacial score (nSPS) is 9.42. The van der Waals surface area contributed by atoms with E-state index in [-0.39, 0.29) is 22.4 Å². The molecular formula is C15H8NO3. The zero-order valence-electron chi connectivity index (χ0n) is 9.79. The smallest absolute Gasteiger partial charge is 0.344 e. The van der Waals surface area contributed by atoms with E-state index in [4.69, 9.17) is 10.00 Å². The fraction of sp³-hybridized carbons (Fsp3) is 0. The quantitative estimate of drug-likeness (QED) is 0.618. The van der Waals surface area contributed by atoms with Gasteiger partial charge in [-0.15, -0.1) is 0 Å². The van der Waals surface area contributed by atoms with Gasteiger partial charge in [-0.2, -0.15) is 5.26 Å². The van der Waals surface area contributed by atoms with Gasteiger partial charge in [-0.1, -0.05) is 30.3 Å². The van der Waals surface area contributed by atoms with E-state index >= 15 is 0 Å². The minimum atomic E-state index is -0.693. The molecule has 2 aromatic rings. The van der Waals surface area contributed by atoms with E-state index in [1.807, 2.05) is 6.07 Å². The number of para-hydroxylation sites is 1. The zero-order valence-corrected chi connectivity index (χ0v) is 9.79. The van der Waals surface area contributed by atoms with Crippen LogP contribution in [0.2, 0.25) is 0 Å². The van der Waals surface area contributed by atoms with Gasteiger partial charge < -0.3 is 4.74 Å². The van der Waals surface area contributed by atoms with Gasteiger partial charge in [0.25, 0.3) is 0 Å². The number of ether oxygens (including phenoxy) is 1. The molecule has 0 saturated carbocycles. The molecule has 0 heterocycles. The monoisotopic (exact) mass is 250 g/mol. The Labute approximate surface area is 109 Å². The summed E-state index contributed by atoms with van der Waals surface area (Å²) in [7, 11) is 0. The minimum absolute atomic E-state index is 0.116. The minimum Gasteiger partial charge on any atom is -0.421 e. The fourth-order valence-corrected chi connectivity index (χ4v) is 1.55. The molecule has 4 heteroatoms. The first-order chi connectivity index (χ1) is 9.26. The molecule has 0 fully saturated rings. The number of hydrogen-bond donors (Lipinski definition) is 0. The van der Waals surface area contributed by atoms with Gasteiger partial charge in [-0.25, -0.2) is 4.79 Å². The molecule has 0 aliphatic heterocycles. The Morgan fingerprint density at radius 3 is 2.32 bits per heavy atom. The van der Waals surface area contributed by atoms with Crippen molar-refractivity contribution in [1.29, 1.82) is 5.26 Å². The Hall–Kier alpha value is -2.93. The molecular weight excluding hydrogens is 242 g/mol. The number of rotatable bonds is 3. The number of esters is 1. The van der Waals surface area contributed by atoms with E-state index in [0.717, 1.165) is 0 Å². The van der Waals surface area contributed by atoms with Crippen LogP contribution >= 0.6 is 0 Å². The van der Waals surface area contributed by atoms with Crippen molar-refractivity contribution in [2.24, 2.45) is 0 Å². The maximum atomic E-state index is 12.0. The van der Waals surface area contributed by atoms with Crippen LogP contribution in [0.15, 0.2) is 48.5 Å². The maximum absolute atomic E-state index is 12.0. The summed E-state index contributed by atoms with van der Waals surface area (Å²) in [6.45, 7) is 0. The Morgan fingerprint density at radius 1 is 1.00 bits per heavy atom. The second kappa shape index (κ2) is 5.61. The molecule has 0 spiro atoms. The molecule has 0 aliphatic rings. The molecule has 4 nitrogen and oxygen atoms in total. The summed E-state index contributed by atoms with van der Waals surface area (Å²) >= 11 is 0. The summed E-state index contributed by atoms with van der Waals surface area (Å²) in [6.07, 6.45) is 1.68. The lowest BCUT2D eigenvalue weighted by Crippen LogP contribution is -2.11. The van der Waals surface area contributed by atoms with E-state index in [1.165, 1.54) is 18.2 Å². The van der Waals surface area contributed by atoms with Crippen molar-refractivity contribution in [3.05, 3.63) is 65.2 Å². The van der Waals surface area contributed by atoms with Crippen LogP contribution in [0.3, 0.4) is 0 Å². The van der Waals surface area contributed by atoms with Gasteiger partial charge in [0, 0.05) is 5.56 Å². The summed E-state index contributed by atoms with van der Waals surface area (Å²) in [6, 6.07) is 14.5. The molecule has 91 valence electrons. The molecule has 0 unspecified atom stereocenters. The molecule has 2 aromatic carbocycles. The summed E-state index contributed by atoms with van der Waals surface area (Å²) in [5.74, 6) is -0.530. The highest BCUT2D eigenvalue weighted by Gasteiger charge is 2.14. The first-order valence-corrected chi connectivity index (χ1v) is 5.44. The number of nitriles is 1. The largest absolute Gasteiger partial charge is 0.421 e. The van der Waals surface area contributed by atoms with Gasteiger partial charge in [0.05, 0.1) is 11.1 Å². The highest BCUT2D eigenvalue weighted by Crippen LogP contribution is 2.19. The molecule has 0 atom stereocenters. The Kier molecular flexibility index (Phi) is 3.70. The van der Waals surface area contributed by atoms with E-state index < -0.39 is 5.97 Å². The third-order valence-electron chi connectivity index (χ3n) is 2.47. The van der Waals surface area contributed by atoms with Crippen molar-refractivity contribution in [3.63, 3.8) is 0 Å². The summed E-state index contributed by atoms with van der Waals surface area (Å²) in [4.78, 5) is 22.7. The van der Waals surface area contributed by atoms with Crippen LogP contribution in [0.5, 0.6) is 5.75 Å². The molecule has 0 saturated heterocycles. The van der Waals surface area contributed by atoms with Gasteiger partial charge in [0.15, 0.2) is 0 Å². The van der Waals surface area contributed by atoms with Gasteiger partial charge >= 0.3 is 5.97 Å². The molecule has 2 rings (SSSR count). The third kappa shape index (κ3) is 2.67. The Bertz CT molecular complexity index is 671. The highest BCUT2D eigenvalue weighted by atomic mass is 16.5. The van der Waals surface area contributed by atoms with Gasteiger partial charge in [0.2, 0.25) is 6.29 Å². The second-order valence-electron chi connectivity index (χ2n) is 3.65. The molecule has 1 radical (unpaired) electrons. The van der Waals surface area contributed by atoms with Crippen molar-refractivity contribution in [2.75, 3.05) is 0 Å². The van der Waals surface area contributed by atoms with E-state index in [2.05, 4.69) is 0 Å². The van der Waals surface area contributed by atoms with Crippen LogP contribution < -0.4 is 4.74 Å². The molecule has 0 N–H and O–H groups in total. The van der Waals surface area contributed by atoms with Gasteiger partial charge in [-0.3, -0.25) is 4.79 Å². The summed E-state index contributed by atoms with van der Waals surface area (Å²) < 4.78 is 5.12. The highest BCUT2D eigenvalue weighted by molar-refractivity contribution is 5.99. The zero-order chi connectivity index (χ0) is 13.7. The van der Waals surface area contributed by atoms with E-state index in [1.54, 1.807) is 36.6 Å². The molecule has 0 aromatic heterocycles. The van der Waals surface area contributed by atoms with Gasteiger partial charge in [0.1, 0.15) is 11.8 Å². The predicted molar refractivity (Wildman–Crippen MR) is 67.4 cm³/mol. The van der Waals surface area contributed by atoms with Crippen molar-refractivity contribution in [2.45, 2.75) is 0 Å². The van der Waals surface area contributed by atoms with Crippen LogP contribution in [-0.4, -0.2) is 12.3 Å². The summed E-state index contributed by atoms with van der Waals surface area (Å²) in [5.41, 5.74) is 0.496. The average Bonchev–Trinajstić information content (AvgIpc) is 2.47. The van der Waals surface area contributed by atoms with Crippen LogP contribution in [-0.2, 0) is 4.79 Å². The van der Waals surface area contributed by atoms with Crippen molar-refractivity contribution >= 4 is 12.3 Å². The molecule has 19 heavy (non-hydrogen) atoms. The standard InChI is InChI=1S/C15H8NO3/c16-9-11-5-2-4-8-14(11)19-15(18)13-7-3-1-6-12(13)10-17/h1-8H. The Morgan fingerprint density at radius 2 is 1.63 bits per heavy atom. The SMILES string of the molecule is N#Cc1ccccc1OC(=O)c1ccccc1[C]=O. The molecule has 0 bridgehead atoms. The first-order valence-electron chi connectivity index (χ1n) is 5.44. The van der Waals surface area contributed by atoms with Crippen molar-refractivity contribution in [3.8, 4) is 11.8 Å². The summed E-state index contributed by atoms with van der Waals surface area (Å²) in [5, 5.41) is 8.90. The second-order valence-corrected chi connectivity index (χ2v) is 3.65. The predicted octanol–water partition coefficient (Wildman–Crippen LogP) is 2.24. The molecule has 0 aliphatic carbocycles. The average molecular weight is 250 g/mol. The number of benzene rings is 2. The number of nitrogens with zero attached hydrogens (tertiary/aromatic N) is 1. The first kappa shape index (κ1) is 12.5. The van der Waals surface area contributed by atoms with Crippen LogP contribution in [0, 0.1) is 11.3 Å². The van der Waals surface area contributed by atoms with Gasteiger partial charge in [-0.05, 0) is 18.2 Å². The van der Waals surface area contributed by atoms with Crippen LogP contribution in [0.25, 0.3) is 0 Å². The number of carbonyl (C=O) groups is 1. The maximum Gasteiger partial charge on any atom is 0.344 e. The number of carbonyl (C=O) groups excluding carboxylic acids is 2. The lowest BCUT2D eigenvalue weighted by molar-refractivity contribution is 0.0734. The van der Waals surface area contributed by atoms with Crippen LogP contribution in [0.1, 0.15) is 21.5 Å². The third-order valence-corrected chi connectivity index (χ3v) is 2.47. The topological polar surface area (TPSA) is 67.2 Å². The fourth-order valence-electron chi connectivity index (χ4n) is 1.55. The Balaban J connectivity index is 2.31. The number of hydrogen-bond acceptors (Lipinski definition) is 4. The lowest BCUT2D eigenvalue weighted by atomic mass is 10.1. The van der Waals surface area contributed by atoms with E-state index in [0.29, 0.717) is 0 Å².